The molecule has 0 rings (SSSR count). The number of ether oxygens (including phenoxy) is 2. The summed E-state index contributed by atoms with van der Waals surface area (Å²) in [6.45, 7) is 0. The number of hydrogen-bond acceptors (Lipinski definition) is 5. The first-order valence-corrected chi connectivity index (χ1v) is 4.27. The van der Waals surface area contributed by atoms with Gasteiger partial charge in [0.15, 0.2) is 0 Å². The molecule has 0 aromatic carbocycles. The van der Waals surface area contributed by atoms with Gasteiger partial charge in [-0.1, -0.05) is 15.9 Å². The number of carbonyl (C=O) groups excluding carboxylic acids is 3. The summed E-state index contributed by atoms with van der Waals surface area (Å²) in [5.74, 6) is -2.35. The third-order valence-corrected chi connectivity index (χ3v) is 1.98. The Balaban J connectivity index is 4.11. The van der Waals surface area contributed by atoms with Crippen LogP contribution in [0.4, 0.5) is 0 Å². The Bertz CT molecular complexity index is 225. The smallest absolute Gasteiger partial charge is 0.375 e. The van der Waals surface area contributed by atoms with E-state index in [1.165, 1.54) is 7.11 Å². The molecule has 74 valence electrons. The van der Waals surface area contributed by atoms with Crippen LogP contribution in [0.15, 0.2) is 0 Å². The topological polar surface area (TPSA) is 69.7 Å². The van der Waals surface area contributed by atoms with Crippen LogP contribution in [0.2, 0.25) is 0 Å². The van der Waals surface area contributed by atoms with Gasteiger partial charge in [-0.3, -0.25) is 9.59 Å². The molecule has 0 heterocycles. The Morgan fingerprint density at radius 1 is 1.23 bits per heavy atom. The van der Waals surface area contributed by atoms with Crippen LogP contribution in [0.1, 0.15) is 6.42 Å². The third kappa shape index (κ3) is 4.02. The summed E-state index contributed by atoms with van der Waals surface area (Å²) in [6.07, 6.45) is -0.190. The fourth-order valence-corrected chi connectivity index (χ4v) is 1.00. The molecule has 0 unspecified atom stereocenters. The van der Waals surface area contributed by atoms with E-state index in [0.717, 1.165) is 7.11 Å². The van der Waals surface area contributed by atoms with Gasteiger partial charge < -0.3 is 9.47 Å². The van der Waals surface area contributed by atoms with Crippen LogP contribution in [0.3, 0.4) is 0 Å². The summed E-state index contributed by atoms with van der Waals surface area (Å²) in [4.78, 5) is 31.5. The average Bonchev–Trinajstić information content (AvgIpc) is 2.14. The van der Waals surface area contributed by atoms with E-state index in [4.69, 9.17) is 0 Å². The molecule has 5 nitrogen and oxygen atoms in total. The maximum absolute atomic E-state index is 11.0. The zero-order chi connectivity index (χ0) is 10.4. The van der Waals surface area contributed by atoms with E-state index < -0.39 is 22.5 Å². The maximum Gasteiger partial charge on any atom is 0.375 e. The molecule has 0 aliphatic rings. The Labute approximate surface area is 83.5 Å². The normalized spacial score (nSPS) is 11.6. The predicted octanol–water partition coefficient (Wildman–Crippen LogP) is 0.0551. The molecule has 0 saturated carbocycles. The highest BCUT2D eigenvalue weighted by atomic mass is 79.9. The first kappa shape index (κ1) is 12.1. The molecular weight excluding hydrogens is 244 g/mol. The number of esters is 2. The SMILES string of the molecule is COC(=O)C[C@@H](Br)C(=O)C(=O)OC. The van der Waals surface area contributed by atoms with E-state index in [2.05, 4.69) is 25.4 Å². The Morgan fingerprint density at radius 2 is 1.77 bits per heavy atom. The lowest BCUT2D eigenvalue weighted by Crippen LogP contribution is -2.27. The van der Waals surface area contributed by atoms with Crippen LogP contribution >= 0.6 is 15.9 Å². The molecular formula is C7H9BrO5. The summed E-state index contributed by atoms with van der Waals surface area (Å²) < 4.78 is 8.49. The Morgan fingerprint density at radius 3 is 2.15 bits per heavy atom. The number of alkyl halides is 1. The van der Waals surface area contributed by atoms with Crippen molar-refractivity contribution in [3.8, 4) is 0 Å². The molecule has 6 heteroatoms. The van der Waals surface area contributed by atoms with Gasteiger partial charge in [-0.25, -0.2) is 4.79 Å². The van der Waals surface area contributed by atoms with Gasteiger partial charge in [-0.2, -0.15) is 0 Å². The standard InChI is InChI=1S/C7H9BrO5/c1-12-5(9)3-4(8)6(10)7(11)13-2/h4H,3H2,1-2H3/t4-/m1/s1. The van der Waals surface area contributed by atoms with E-state index in [1.807, 2.05) is 0 Å². The first-order chi connectivity index (χ1) is 6.02. The van der Waals surface area contributed by atoms with Crippen molar-refractivity contribution in [2.45, 2.75) is 11.2 Å². The Hall–Kier alpha value is -0.910. The molecule has 13 heavy (non-hydrogen) atoms. The molecule has 0 aromatic heterocycles. The zero-order valence-corrected chi connectivity index (χ0v) is 8.79. The van der Waals surface area contributed by atoms with Gasteiger partial charge in [0.2, 0.25) is 0 Å². The predicted molar refractivity (Wildman–Crippen MR) is 46.4 cm³/mol. The van der Waals surface area contributed by atoms with Crippen LogP contribution in [0.5, 0.6) is 0 Å². The second kappa shape index (κ2) is 5.69. The number of carbonyl (C=O) groups is 3. The van der Waals surface area contributed by atoms with Gasteiger partial charge in [0.25, 0.3) is 5.78 Å². The molecule has 0 radical (unpaired) electrons. The Kier molecular flexibility index (Phi) is 5.29. The van der Waals surface area contributed by atoms with Crippen LogP contribution < -0.4 is 0 Å². The van der Waals surface area contributed by atoms with Crippen LogP contribution in [0.25, 0.3) is 0 Å². The van der Waals surface area contributed by atoms with E-state index in [0.29, 0.717) is 0 Å². The molecule has 0 N–H and O–H groups in total. The number of rotatable bonds is 4. The van der Waals surface area contributed by atoms with Crippen molar-refractivity contribution < 1.29 is 23.9 Å². The van der Waals surface area contributed by atoms with Crippen LogP contribution in [-0.4, -0.2) is 36.8 Å². The fourth-order valence-electron chi connectivity index (χ4n) is 0.551. The highest BCUT2D eigenvalue weighted by Crippen LogP contribution is 2.08. The molecule has 1 atom stereocenters. The molecule has 0 aliphatic heterocycles. The number of halogens is 1. The average molecular weight is 253 g/mol. The number of Topliss-reactive ketones (excluding diaryl/α,β-unsaturated/α-hetero) is 1. The molecule has 0 bridgehead atoms. The van der Waals surface area contributed by atoms with Gasteiger partial charge >= 0.3 is 11.9 Å². The second-order valence-electron chi connectivity index (χ2n) is 2.10. The van der Waals surface area contributed by atoms with Crippen molar-refractivity contribution in [1.82, 2.24) is 0 Å². The van der Waals surface area contributed by atoms with Gasteiger partial charge in [-0.15, -0.1) is 0 Å². The van der Waals surface area contributed by atoms with Gasteiger partial charge in [-0.05, 0) is 0 Å². The molecule has 0 fully saturated rings. The summed E-state index contributed by atoms with van der Waals surface area (Å²) in [5, 5.41) is 0. The van der Waals surface area contributed by atoms with Crippen molar-refractivity contribution in [3.05, 3.63) is 0 Å². The largest absolute Gasteiger partial charge is 0.469 e. The second-order valence-corrected chi connectivity index (χ2v) is 3.21. The van der Waals surface area contributed by atoms with E-state index in [1.54, 1.807) is 0 Å². The molecule has 0 amide bonds. The van der Waals surface area contributed by atoms with Crippen molar-refractivity contribution in [2.24, 2.45) is 0 Å². The number of hydrogen-bond donors (Lipinski definition) is 0. The van der Waals surface area contributed by atoms with Gasteiger partial charge in [0.1, 0.15) is 0 Å². The summed E-state index contributed by atoms with van der Waals surface area (Å²) in [5.41, 5.74) is 0. The van der Waals surface area contributed by atoms with Crippen molar-refractivity contribution in [2.75, 3.05) is 14.2 Å². The maximum atomic E-state index is 11.0. The minimum absolute atomic E-state index is 0.190. The van der Waals surface area contributed by atoms with Crippen molar-refractivity contribution in [1.29, 1.82) is 0 Å². The zero-order valence-electron chi connectivity index (χ0n) is 7.20. The molecule has 0 aromatic rings. The summed E-state index contributed by atoms with van der Waals surface area (Å²) in [7, 11) is 2.29. The highest BCUT2D eigenvalue weighted by Gasteiger charge is 2.25. The lowest BCUT2D eigenvalue weighted by molar-refractivity contribution is -0.152. The lowest BCUT2D eigenvalue weighted by atomic mass is 10.2. The minimum Gasteiger partial charge on any atom is -0.469 e. The van der Waals surface area contributed by atoms with Gasteiger partial charge in [0, 0.05) is 0 Å². The van der Waals surface area contributed by atoms with Crippen LogP contribution in [0, 0.1) is 0 Å². The summed E-state index contributed by atoms with van der Waals surface area (Å²) in [6, 6.07) is 0. The summed E-state index contributed by atoms with van der Waals surface area (Å²) >= 11 is 2.87. The monoisotopic (exact) mass is 252 g/mol. The molecule has 0 aliphatic carbocycles. The quantitative estimate of drug-likeness (QED) is 0.402. The highest BCUT2D eigenvalue weighted by molar-refractivity contribution is 9.10. The lowest BCUT2D eigenvalue weighted by Gasteiger charge is -2.04. The third-order valence-electron chi connectivity index (χ3n) is 1.24. The van der Waals surface area contributed by atoms with Crippen LogP contribution in [-0.2, 0) is 23.9 Å². The number of ketones is 1. The minimum atomic E-state index is -0.981. The molecule has 0 spiro atoms. The first-order valence-electron chi connectivity index (χ1n) is 3.36. The molecule has 0 saturated heterocycles. The van der Waals surface area contributed by atoms with Crippen molar-refractivity contribution in [3.63, 3.8) is 0 Å². The fraction of sp³-hybridized carbons (Fsp3) is 0.571. The number of methoxy groups -OCH3 is 2. The van der Waals surface area contributed by atoms with Gasteiger partial charge in [0.05, 0.1) is 25.5 Å². The van der Waals surface area contributed by atoms with E-state index in [9.17, 15) is 14.4 Å². The van der Waals surface area contributed by atoms with E-state index in [-0.39, 0.29) is 6.42 Å². The van der Waals surface area contributed by atoms with Crippen molar-refractivity contribution >= 4 is 33.7 Å². The van der Waals surface area contributed by atoms with E-state index >= 15 is 0 Å².